The molecular formula is C21H32Cl2N4O6. The molecule has 1 fully saturated rings. The van der Waals surface area contributed by atoms with Gasteiger partial charge in [-0.3, -0.25) is 19.4 Å². The molecule has 3 atom stereocenters. The minimum absolute atomic E-state index is 0.0953. The Bertz CT molecular complexity index is 772. The van der Waals surface area contributed by atoms with Gasteiger partial charge in [0.1, 0.15) is 34.7 Å². The molecule has 1 heterocycles. The molecule has 0 aromatic heterocycles. The summed E-state index contributed by atoms with van der Waals surface area (Å²) in [4.78, 5) is 49.7. The number of carbonyl (C=O) groups excluding carboxylic acids is 4. The highest BCUT2D eigenvalue weighted by atomic mass is 35.5. The van der Waals surface area contributed by atoms with E-state index < -0.39 is 51.9 Å². The van der Waals surface area contributed by atoms with Gasteiger partial charge in [-0.2, -0.15) is 0 Å². The Morgan fingerprint density at radius 1 is 1.21 bits per heavy atom. The fraction of sp³-hybridized carbons (Fsp3) is 0.714. The summed E-state index contributed by atoms with van der Waals surface area (Å²) in [7, 11) is 0. The number of nitrogens with one attached hydrogen (secondary N) is 3. The van der Waals surface area contributed by atoms with Crippen LogP contribution in [-0.2, 0) is 23.9 Å². The molecule has 0 aromatic carbocycles. The van der Waals surface area contributed by atoms with Gasteiger partial charge in [0.05, 0.1) is 0 Å². The number of terminal acetylenes is 1. The third kappa shape index (κ3) is 11.0. The van der Waals surface area contributed by atoms with Crippen LogP contribution < -0.4 is 16.1 Å². The number of hydrogen-bond donors (Lipinski definition) is 3. The summed E-state index contributed by atoms with van der Waals surface area (Å²) >= 11 is 11.6. The van der Waals surface area contributed by atoms with Gasteiger partial charge < -0.3 is 20.1 Å². The lowest BCUT2D eigenvalue weighted by Gasteiger charge is -2.34. The summed E-state index contributed by atoms with van der Waals surface area (Å²) < 4.78 is 9.01. The van der Waals surface area contributed by atoms with Gasteiger partial charge >= 0.3 is 12.1 Å². The van der Waals surface area contributed by atoms with E-state index in [1.54, 1.807) is 20.8 Å². The molecule has 12 heteroatoms. The fourth-order valence-electron chi connectivity index (χ4n) is 2.80. The highest BCUT2D eigenvalue weighted by Gasteiger charge is 2.33. The molecule has 0 unspecified atom stereocenters. The molecule has 1 aliphatic rings. The van der Waals surface area contributed by atoms with E-state index in [2.05, 4.69) is 22.0 Å². The quantitative estimate of drug-likeness (QED) is 0.259. The Morgan fingerprint density at radius 2 is 1.85 bits per heavy atom. The zero-order valence-corrected chi connectivity index (χ0v) is 21.0. The van der Waals surface area contributed by atoms with E-state index in [9.17, 15) is 19.2 Å². The van der Waals surface area contributed by atoms with Crippen LogP contribution in [0.2, 0.25) is 0 Å². The number of ether oxygens (including phenoxy) is 2. The Hall–Kier alpha value is -2.22. The van der Waals surface area contributed by atoms with E-state index in [0.717, 1.165) is 0 Å². The smallest absolute Gasteiger partial charge is 0.408 e. The topological polar surface area (TPSA) is 126 Å². The largest absolute Gasteiger partial charge is 0.461 e. The van der Waals surface area contributed by atoms with E-state index in [-0.39, 0.29) is 13.0 Å². The first kappa shape index (κ1) is 28.8. The Labute approximate surface area is 204 Å². The average molecular weight is 507 g/mol. The maximum atomic E-state index is 12.8. The summed E-state index contributed by atoms with van der Waals surface area (Å²) in [5.41, 5.74) is 2.05. The minimum Gasteiger partial charge on any atom is -0.461 e. The van der Waals surface area contributed by atoms with Crippen LogP contribution in [-0.4, -0.2) is 70.1 Å². The van der Waals surface area contributed by atoms with E-state index in [4.69, 9.17) is 39.1 Å². The first-order chi connectivity index (χ1) is 15.1. The van der Waals surface area contributed by atoms with Gasteiger partial charge in [-0.05, 0) is 47.5 Å². The van der Waals surface area contributed by atoms with Crippen molar-refractivity contribution in [3.63, 3.8) is 0 Å². The molecule has 0 saturated carbocycles. The fourth-order valence-corrected chi connectivity index (χ4v) is 2.91. The van der Waals surface area contributed by atoms with Crippen LogP contribution in [0.4, 0.5) is 4.79 Å². The van der Waals surface area contributed by atoms with Crippen molar-refractivity contribution in [3.05, 3.63) is 0 Å². The SMILES string of the molecule is C#CC[C@H](NC(=O)OC(C)(C)C)C(=O)N[C@@H](C)C(=O)N1CCC[C@@H](C(=O)OCC(C)(Cl)Cl)N1. The molecule has 1 rings (SSSR count). The van der Waals surface area contributed by atoms with Crippen molar-refractivity contribution in [1.29, 1.82) is 0 Å². The van der Waals surface area contributed by atoms with E-state index in [0.29, 0.717) is 19.4 Å². The molecular weight excluding hydrogens is 475 g/mol. The van der Waals surface area contributed by atoms with E-state index >= 15 is 0 Å². The number of hydrazine groups is 1. The van der Waals surface area contributed by atoms with Gasteiger partial charge in [0.15, 0.2) is 0 Å². The number of halogens is 2. The lowest BCUT2D eigenvalue weighted by Crippen LogP contribution is -2.60. The maximum absolute atomic E-state index is 12.8. The average Bonchev–Trinajstić information content (AvgIpc) is 2.69. The van der Waals surface area contributed by atoms with Gasteiger partial charge in [-0.15, -0.1) is 12.3 Å². The van der Waals surface area contributed by atoms with Crippen LogP contribution >= 0.6 is 23.2 Å². The van der Waals surface area contributed by atoms with Crippen molar-refractivity contribution in [1.82, 2.24) is 21.1 Å². The first-order valence-corrected chi connectivity index (χ1v) is 11.2. The van der Waals surface area contributed by atoms with Crippen molar-refractivity contribution >= 4 is 47.1 Å². The molecule has 0 aliphatic carbocycles. The third-order valence-electron chi connectivity index (χ3n) is 4.26. The van der Waals surface area contributed by atoms with Crippen molar-refractivity contribution in [2.45, 2.75) is 81.9 Å². The Balaban J connectivity index is 2.68. The number of alkyl halides is 2. The predicted molar refractivity (Wildman–Crippen MR) is 123 cm³/mol. The molecule has 186 valence electrons. The standard InChI is InChI=1S/C21H32Cl2N4O6/c1-7-9-14(25-19(31)33-20(3,4)5)16(28)24-13(2)17(29)27-11-8-10-15(26-27)18(30)32-12-21(6,22)23/h1,13-15,26H,8-12H2,2-6H3,(H,24,28)(H,25,31)/t13-,14-,15-/m0/s1. The zero-order valence-electron chi connectivity index (χ0n) is 19.5. The third-order valence-corrected chi connectivity index (χ3v) is 4.48. The van der Waals surface area contributed by atoms with Gasteiger partial charge in [-0.25, -0.2) is 10.2 Å². The highest BCUT2D eigenvalue weighted by molar-refractivity contribution is 6.48. The number of amides is 3. The van der Waals surface area contributed by atoms with Crippen LogP contribution in [0.1, 0.15) is 53.9 Å². The van der Waals surface area contributed by atoms with Crippen LogP contribution in [0.25, 0.3) is 0 Å². The van der Waals surface area contributed by atoms with Crippen LogP contribution in [0.15, 0.2) is 0 Å². The summed E-state index contributed by atoms with van der Waals surface area (Å²) in [6, 6.07) is -2.81. The zero-order chi connectivity index (χ0) is 25.4. The second-order valence-electron chi connectivity index (χ2n) is 8.83. The number of nitrogens with zero attached hydrogens (tertiary/aromatic N) is 1. The molecule has 3 N–H and O–H groups in total. The molecule has 0 spiro atoms. The number of rotatable bonds is 8. The maximum Gasteiger partial charge on any atom is 0.408 e. The molecule has 33 heavy (non-hydrogen) atoms. The predicted octanol–water partition coefficient (Wildman–Crippen LogP) is 1.64. The second-order valence-corrected chi connectivity index (χ2v) is 10.7. The molecule has 10 nitrogen and oxygen atoms in total. The number of esters is 1. The Morgan fingerprint density at radius 3 is 2.39 bits per heavy atom. The van der Waals surface area contributed by atoms with Crippen LogP contribution in [0, 0.1) is 12.3 Å². The molecule has 1 saturated heterocycles. The summed E-state index contributed by atoms with van der Waals surface area (Å²) in [6.07, 6.45) is 5.40. The van der Waals surface area contributed by atoms with Crippen LogP contribution in [0.3, 0.4) is 0 Å². The van der Waals surface area contributed by atoms with Gasteiger partial charge in [0, 0.05) is 13.0 Å². The van der Waals surface area contributed by atoms with Gasteiger partial charge in [0.2, 0.25) is 5.91 Å². The van der Waals surface area contributed by atoms with Crippen molar-refractivity contribution < 1.29 is 28.7 Å². The second kappa shape index (κ2) is 12.3. The highest BCUT2D eigenvalue weighted by Crippen LogP contribution is 2.20. The lowest BCUT2D eigenvalue weighted by atomic mass is 10.1. The van der Waals surface area contributed by atoms with E-state index in [1.165, 1.54) is 18.9 Å². The minimum atomic E-state index is -1.22. The lowest BCUT2D eigenvalue weighted by molar-refractivity contribution is -0.153. The van der Waals surface area contributed by atoms with Crippen molar-refractivity contribution in [3.8, 4) is 12.3 Å². The summed E-state index contributed by atoms with van der Waals surface area (Å²) in [5, 5.41) is 6.19. The molecule has 0 aromatic rings. The van der Waals surface area contributed by atoms with Crippen molar-refractivity contribution in [2.24, 2.45) is 0 Å². The number of alkyl carbamates (subject to hydrolysis) is 1. The molecule has 3 amide bonds. The summed E-state index contributed by atoms with van der Waals surface area (Å²) in [6.45, 7) is 8.15. The van der Waals surface area contributed by atoms with Crippen molar-refractivity contribution in [2.75, 3.05) is 13.2 Å². The van der Waals surface area contributed by atoms with Crippen LogP contribution in [0.5, 0.6) is 0 Å². The first-order valence-electron chi connectivity index (χ1n) is 10.5. The number of hydrogen-bond acceptors (Lipinski definition) is 7. The molecule has 0 bridgehead atoms. The normalized spacial score (nSPS) is 18.4. The Kier molecular flexibility index (Phi) is 10.7. The van der Waals surface area contributed by atoms with Gasteiger partial charge in [-0.1, -0.05) is 23.2 Å². The van der Waals surface area contributed by atoms with E-state index in [1.807, 2.05) is 0 Å². The monoisotopic (exact) mass is 506 g/mol. The summed E-state index contributed by atoms with van der Waals surface area (Å²) in [5.74, 6) is 0.607. The van der Waals surface area contributed by atoms with Gasteiger partial charge in [0.25, 0.3) is 5.91 Å². The molecule has 1 aliphatic heterocycles. The molecule has 0 radical (unpaired) electrons. The number of carbonyl (C=O) groups is 4.